The van der Waals surface area contributed by atoms with Gasteiger partial charge in [0.25, 0.3) is 0 Å². The summed E-state index contributed by atoms with van der Waals surface area (Å²) in [6.45, 7) is 1.94. The molecule has 1 heterocycles. The van der Waals surface area contributed by atoms with E-state index >= 15 is 0 Å². The van der Waals surface area contributed by atoms with Crippen molar-refractivity contribution in [2.24, 2.45) is 5.73 Å². The van der Waals surface area contributed by atoms with E-state index < -0.39 is 6.04 Å². The minimum atomic E-state index is -0.480. The summed E-state index contributed by atoms with van der Waals surface area (Å²) in [7, 11) is 0. The van der Waals surface area contributed by atoms with Gasteiger partial charge in [0.2, 0.25) is 0 Å². The SMILES string of the molecule is Cc1c(C(N)c2ccc(F)cc2Br)oc2ccc(Cl)cc12. The van der Waals surface area contributed by atoms with Gasteiger partial charge >= 0.3 is 0 Å². The summed E-state index contributed by atoms with van der Waals surface area (Å²) in [6.07, 6.45) is 0. The Morgan fingerprint density at radius 1 is 1.24 bits per heavy atom. The summed E-state index contributed by atoms with van der Waals surface area (Å²) >= 11 is 9.36. The van der Waals surface area contributed by atoms with E-state index in [1.54, 1.807) is 12.1 Å². The molecule has 2 nitrogen and oxygen atoms in total. The maximum atomic E-state index is 13.2. The van der Waals surface area contributed by atoms with Crippen molar-refractivity contribution in [1.29, 1.82) is 0 Å². The molecule has 2 aromatic carbocycles. The third-order valence-corrected chi connectivity index (χ3v) is 4.44. The Kier molecular flexibility index (Phi) is 3.78. The third kappa shape index (κ3) is 2.59. The van der Waals surface area contributed by atoms with E-state index in [2.05, 4.69) is 15.9 Å². The molecule has 2 N–H and O–H groups in total. The molecule has 0 spiro atoms. The van der Waals surface area contributed by atoms with Gasteiger partial charge in [-0.2, -0.15) is 0 Å². The fourth-order valence-corrected chi connectivity index (χ4v) is 3.17. The van der Waals surface area contributed by atoms with Crippen molar-refractivity contribution in [1.82, 2.24) is 0 Å². The zero-order valence-corrected chi connectivity index (χ0v) is 13.5. The van der Waals surface area contributed by atoms with E-state index in [1.165, 1.54) is 12.1 Å². The minimum absolute atomic E-state index is 0.314. The Morgan fingerprint density at radius 3 is 2.71 bits per heavy atom. The van der Waals surface area contributed by atoms with Crippen molar-refractivity contribution >= 4 is 38.5 Å². The average molecular weight is 369 g/mol. The van der Waals surface area contributed by atoms with Crippen LogP contribution in [-0.2, 0) is 0 Å². The fourth-order valence-electron chi connectivity index (χ4n) is 2.40. The maximum absolute atomic E-state index is 13.2. The van der Waals surface area contributed by atoms with Gasteiger partial charge in [-0.3, -0.25) is 0 Å². The van der Waals surface area contributed by atoms with E-state index in [0.29, 0.717) is 15.3 Å². The lowest BCUT2D eigenvalue weighted by Gasteiger charge is -2.12. The van der Waals surface area contributed by atoms with E-state index in [4.69, 9.17) is 21.8 Å². The second kappa shape index (κ2) is 5.44. The summed E-state index contributed by atoms with van der Waals surface area (Å²) in [4.78, 5) is 0. The lowest BCUT2D eigenvalue weighted by molar-refractivity contribution is 0.520. The van der Waals surface area contributed by atoms with Crippen molar-refractivity contribution in [2.75, 3.05) is 0 Å². The molecule has 3 aromatic rings. The Balaban J connectivity index is 2.13. The monoisotopic (exact) mass is 367 g/mol. The highest BCUT2D eigenvalue weighted by molar-refractivity contribution is 9.10. The van der Waals surface area contributed by atoms with Crippen LogP contribution in [0.25, 0.3) is 11.0 Å². The molecule has 21 heavy (non-hydrogen) atoms. The fraction of sp³-hybridized carbons (Fsp3) is 0.125. The molecule has 0 radical (unpaired) electrons. The number of halogens is 3. The molecule has 0 bridgehead atoms. The van der Waals surface area contributed by atoms with Gasteiger partial charge in [-0.25, -0.2) is 4.39 Å². The van der Waals surface area contributed by atoms with Gasteiger partial charge in [0.15, 0.2) is 0 Å². The molecule has 0 saturated heterocycles. The van der Waals surface area contributed by atoms with Crippen LogP contribution in [0.2, 0.25) is 5.02 Å². The molecule has 0 saturated carbocycles. The summed E-state index contributed by atoms with van der Waals surface area (Å²) in [5.74, 6) is 0.338. The van der Waals surface area contributed by atoms with Crippen molar-refractivity contribution in [3.05, 3.63) is 68.6 Å². The quantitative estimate of drug-likeness (QED) is 0.663. The number of rotatable bonds is 2. The molecule has 5 heteroatoms. The zero-order chi connectivity index (χ0) is 15.1. The van der Waals surface area contributed by atoms with Crippen LogP contribution < -0.4 is 5.73 Å². The smallest absolute Gasteiger partial charge is 0.134 e. The molecule has 1 atom stereocenters. The summed E-state index contributed by atoms with van der Waals surface area (Å²) < 4.78 is 19.7. The molecular formula is C16H12BrClFNO. The summed E-state index contributed by atoms with van der Waals surface area (Å²) in [5, 5.41) is 1.58. The minimum Gasteiger partial charge on any atom is -0.459 e. The lowest BCUT2D eigenvalue weighted by Crippen LogP contribution is -2.12. The second-order valence-electron chi connectivity index (χ2n) is 4.88. The van der Waals surface area contributed by atoms with Gasteiger partial charge in [-0.15, -0.1) is 0 Å². The predicted octanol–water partition coefficient (Wildman–Crippen LogP) is 5.34. The standard InChI is InChI=1S/C16H12BrClFNO/c1-8-12-6-9(18)2-5-14(12)21-16(8)15(20)11-4-3-10(19)7-13(11)17/h2-7,15H,20H2,1H3. The molecule has 1 unspecified atom stereocenters. The van der Waals surface area contributed by atoms with E-state index in [-0.39, 0.29) is 5.82 Å². The number of hydrogen-bond donors (Lipinski definition) is 1. The lowest BCUT2D eigenvalue weighted by atomic mass is 10.0. The van der Waals surface area contributed by atoms with E-state index in [9.17, 15) is 4.39 Å². The second-order valence-corrected chi connectivity index (χ2v) is 6.17. The van der Waals surface area contributed by atoms with Crippen LogP contribution in [0.3, 0.4) is 0 Å². The van der Waals surface area contributed by atoms with Gasteiger partial charge in [0, 0.05) is 20.4 Å². The topological polar surface area (TPSA) is 39.2 Å². The first-order valence-corrected chi connectivity index (χ1v) is 7.53. The first-order chi connectivity index (χ1) is 9.97. The number of nitrogens with two attached hydrogens (primary N) is 1. The van der Waals surface area contributed by atoms with Crippen LogP contribution in [0.4, 0.5) is 4.39 Å². The Hall–Kier alpha value is -1.36. The van der Waals surface area contributed by atoms with E-state index in [0.717, 1.165) is 22.1 Å². The van der Waals surface area contributed by atoms with Crippen LogP contribution in [0, 0.1) is 12.7 Å². The van der Waals surface area contributed by atoms with Crippen LogP contribution in [-0.4, -0.2) is 0 Å². The highest BCUT2D eigenvalue weighted by atomic mass is 79.9. The largest absolute Gasteiger partial charge is 0.459 e. The average Bonchev–Trinajstić information content (AvgIpc) is 2.75. The summed E-state index contributed by atoms with van der Waals surface area (Å²) in [6, 6.07) is 9.40. The normalized spacial score (nSPS) is 12.8. The molecule has 0 aliphatic rings. The number of furan rings is 1. The molecular weight excluding hydrogens is 357 g/mol. The Bertz CT molecular complexity index is 831. The first kappa shape index (κ1) is 14.6. The van der Waals surface area contributed by atoms with Crippen LogP contribution >= 0.6 is 27.5 Å². The number of fused-ring (bicyclic) bond motifs is 1. The number of benzene rings is 2. The number of hydrogen-bond acceptors (Lipinski definition) is 2. The van der Waals surface area contributed by atoms with Crippen molar-refractivity contribution in [3.8, 4) is 0 Å². The van der Waals surface area contributed by atoms with Crippen LogP contribution in [0.15, 0.2) is 45.3 Å². The van der Waals surface area contributed by atoms with Gasteiger partial charge in [0.05, 0.1) is 6.04 Å². The van der Waals surface area contributed by atoms with Crippen molar-refractivity contribution in [2.45, 2.75) is 13.0 Å². The Morgan fingerprint density at radius 2 is 2.00 bits per heavy atom. The van der Waals surface area contributed by atoms with Gasteiger partial charge in [-0.1, -0.05) is 33.6 Å². The predicted molar refractivity (Wildman–Crippen MR) is 86.1 cm³/mol. The van der Waals surface area contributed by atoms with E-state index in [1.807, 2.05) is 19.1 Å². The van der Waals surface area contributed by atoms with Crippen LogP contribution in [0.1, 0.15) is 22.9 Å². The molecule has 3 rings (SSSR count). The molecule has 0 amide bonds. The Labute approximate surface area is 134 Å². The zero-order valence-electron chi connectivity index (χ0n) is 11.2. The third-order valence-electron chi connectivity index (χ3n) is 3.52. The number of aryl methyl sites for hydroxylation is 1. The van der Waals surface area contributed by atoms with Crippen molar-refractivity contribution < 1.29 is 8.81 Å². The molecule has 0 aliphatic heterocycles. The summed E-state index contributed by atoms with van der Waals surface area (Å²) in [5.41, 5.74) is 8.74. The van der Waals surface area contributed by atoms with Gasteiger partial charge in [-0.05, 0) is 42.8 Å². The molecule has 0 aliphatic carbocycles. The molecule has 0 fully saturated rings. The van der Waals surface area contributed by atoms with Gasteiger partial charge < -0.3 is 10.2 Å². The van der Waals surface area contributed by atoms with Crippen LogP contribution in [0.5, 0.6) is 0 Å². The van der Waals surface area contributed by atoms with Gasteiger partial charge in [0.1, 0.15) is 17.2 Å². The molecule has 108 valence electrons. The first-order valence-electron chi connectivity index (χ1n) is 6.36. The maximum Gasteiger partial charge on any atom is 0.134 e. The highest BCUT2D eigenvalue weighted by Gasteiger charge is 2.20. The van der Waals surface area contributed by atoms with Crippen molar-refractivity contribution in [3.63, 3.8) is 0 Å². The highest BCUT2D eigenvalue weighted by Crippen LogP contribution is 2.35. The molecule has 1 aromatic heterocycles.